The van der Waals surface area contributed by atoms with Crippen LogP contribution in [0.15, 0.2) is 91.4 Å². The quantitative estimate of drug-likeness (QED) is 0.206. The topological polar surface area (TPSA) is 137 Å². The van der Waals surface area contributed by atoms with Crippen LogP contribution in [-0.4, -0.2) is 70.2 Å². The predicted octanol–water partition coefficient (Wildman–Crippen LogP) is 3.56. The number of hydrogen-bond acceptors (Lipinski definition) is 6. The van der Waals surface area contributed by atoms with Crippen molar-refractivity contribution in [3.8, 4) is 11.1 Å². The third-order valence-corrected chi connectivity index (χ3v) is 7.34. The number of hydrogen-bond donors (Lipinski definition) is 4. The highest BCUT2D eigenvalue weighted by molar-refractivity contribution is 5.89. The van der Waals surface area contributed by atoms with Crippen LogP contribution < -0.4 is 10.6 Å². The van der Waals surface area contributed by atoms with Gasteiger partial charge in [0.25, 0.3) is 0 Å². The third-order valence-electron chi connectivity index (χ3n) is 7.34. The number of fused-ring (bicyclic) bond motifs is 3. The van der Waals surface area contributed by atoms with Crippen molar-refractivity contribution in [1.29, 1.82) is 0 Å². The summed E-state index contributed by atoms with van der Waals surface area (Å²) >= 11 is 0. The third kappa shape index (κ3) is 6.84. The van der Waals surface area contributed by atoms with E-state index in [1.807, 2.05) is 71.6 Å². The zero-order chi connectivity index (χ0) is 29.5. The van der Waals surface area contributed by atoms with Crippen LogP contribution in [0, 0.1) is 0 Å². The monoisotopic (exact) mass is 567 g/mol. The summed E-state index contributed by atoms with van der Waals surface area (Å²) in [4.78, 5) is 47.1. The van der Waals surface area contributed by atoms with E-state index in [-0.39, 0.29) is 25.5 Å². The maximum absolute atomic E-state index is 13.3. The zero-order valence-corrected chi connectivity index (χ0v) is 23.2. The molecule has 4 aromatic rings. The van der Waals surface area contributed by atoms with Crippen molar-refractivity contribution >= 4 is 18.0 Å². The molecule has 42 heavy (non-hydrogen) atoms. The van der Waals surface area contributed by atoms with Crippen molar-refractivity contribution in [2.24, 2.45) is 0 Å². The molecule has 4 N–H and O–H groups in total. The molecule has 0 saturated carbocycles. The molecule has 5 rings (SSSR count). The molecule has 1 heterocycles. The maximum Gasteiger partial charge on any atom is 0.407 e. The molecule has 1 unspecified atom stereocenters. The first-order chi connectivity index (χ1) is 20.4. The summed E-state index contributed by atoms with van der Waals surface area (Å²) in [6.07, 6.45) is 2.31. The summed E-state index contributed by atoms with van der Waals surface area (Å²) < 4.78 is 5.64. The lowest BCUT2D eigenvalue weighted by molar-refractivity contribution is -0.142. The summed E-state index contributed by atoms with van der Waals surface area (Å²) in [6, 6.07) is 23.4. The Kier molecular flexibility index (Phi) is 8.93. The van der Waals surface area contributed by atoms with Gasteiger partial charge in [-0.2, -0.15) is 0 Å². The van der Waals surface area contributed by atoms with Gasteiger partial charge in [0.05, 0.1) is 6.33 Å². The second-order valence-corrected chi connectivity index (χ2v) is 10.4. The molecular weight excluding hydrogens is 534 g/mol. The molecule has 10 heteroatoms. The molecule has 2 atom stereocenters. The van der Waals surface area contributed by atoms with Gasteiger partial charge in [-0.05, 0) is 34.9 Å². The number of carboxylic acid groups (broad SMARTS) is 1. The fraction of sp³-hybridized carbons (Fsp3) is 0.250. The first-order valence-electron chi connectivity index (χ1n) is 13.7. The smallest absolute Gasteiger partial charge is 0.407 e. The number of rotatable bonds is 12. The van der Waals surface area contributed by atoms with E-state index in [1.54, 1.807) is 13.2 Å². The van der Waals surface area contributed by atoms with Crippen molar-refractivity contribution in [1.82, 2.24) is 25.5 Å². The molecule has 0 aliphatic heterocycles. The highest BCUT2D eigenvalue weighted by Gasteiger charge is 2.31. The second kappa shape index (κ2) is 13.1. The molecule has 3 aromatic carbocycles. The van der Waals surface area contributed by atoms with E-state index in [4.69, 9.17) is 4.74 Å². The Bertz CT molecular complexity index is 1480. The van der Waals surface area contributed by atoms with Gasteiger partial charge >= 0.3 is 12.1 Å². The van der Waals surface area contributed by atoms with Crippen LogP contribution in [-0.2, 0) is 27.3 Å². The number of likely N-dealkylation sites (N-methyl/N-ethyl adjacent to an activating group) is 1. The number of carbonyl (C=O) groups is 3. The number of amides is 2. The Labute approximate surface area is 243 Å². The lowest BCUT2D eigenvalue weighted by Gasteiger charge is -2.25. The molecule has 0 fully saturated rings. The van der Waals surface area contributed by atoms with Crippen molar-refractivity contribution in [3.63, 3.8) is 0 Å². The standard InChI is InChI=1S/C32H33N5O5/c1-37(17-21-9-3-2-4-10-21)18-29(31(39)40)35-30(38)28(15-22-16-33-20-34-22)36-32(41)42-19-27-25-13-7-5-11-23(25)24-12-6-8-14-26(24)27/h2-14,16,20,27-29H,15,17-19H2,1H3,(H,33,34)(H,35,38)(H,36,41)(H,39,40)/t28-,29?/m1/s1. The molecule has 1 aliphatic carbocycles. The van der Waals surface area contributed by atoms with E-state index in [0.29, 0.717) is 12.2 Å². The summed E-state index contributed by atoms with van der Waals surface area (Å²) in [5.74, 6) is -1.96. The van der Waals surface area contributed by atoms with Crippen LogP contribution in [0.1, 0.15) is 28.3 Å². The molecular formula is C32H33N5O5. The fourth-order valence-electron chi connectivity index (χ4n) is 5.34. The largest absolute Gasteiger partial charge is 0.480 e. The Morgan fingerprint density at radius 3 is 2.19 bits per heavy atom. The van der Waals surface area contributed by atoms with Gasteiger partial charge in [0, 0.05) is 37.3 Å². The van der Waals surface area contributed by atoms with E-state index < -0.39 is 30.1 Å². The van der Waals surface area contributed by atoms with Crippen LogP contribution in [0.5, 0.6) is 0 Å². The van der Waals surface area contributed by atoms with E-state index in [9.17, 15) is 19.5 Å². The summed E-state index contributed by atoms with van der Waals surface area (Å²) in [5.41, 5.74) is 5.97. The summed E-state index contributed by atoms with van der Waals surface area (Å²) in [5, 5.41) is 15.1. The molecule has 0 saturated heterocycles. The van der Waals surface area contributed by atoms with Gasteiger partial charge < -0.3 is 25.5 Å². The van der Waals surface area contributed by atoms with Crippen molar-refractivity contribution in [3.05, 3.63) is 114 Å². The van der Waals surface area contributed by atoms with Crippen molar-refractivity contribution < 1.29 is 24.2 Å². The average Bonchev–Trinajstić information content (AvgIpc) is 3.62. The number of carboxylic acids is 1. The Morgan fingerprint density at radius 2 is 1.57 bits per heavy atom. The van der Waals surface area contributed by atoms with Gasteiger partial charge in [-0.1, -0.05) is 78.9 Å². The number of imidazole rings is 1. The second-order valence-electron chi connectivity index (χ2n) is 10.4. The van der Waals surface area contributed by atoms with E-state index in [1.165, 1.54) is 6.33 Å². The molecule has 1 aromatic heterocycles. The maximum atomic E-state index is 13.3. The SMILES string of the molecule is CN(Cc1ccccc1)CC(NC(=O)[C@@H](Cc1cnc[nH]1)NC(=O)OCC1c2ccccc2-c2ccccc21)C(=O)O. The number of nitrogens with zero attached hydrogens (tertiary/aromatic N) is 2. The number of alkyl carbamates (subject to hydrolysis) is 1. The van der Waals surface area contributed by atoms with Crippen LogP contribution >= 0.6 is 0 Å². The minimum atomic E-state index is -1.19. The molecule has 10 nitrogen and oxygen atoms in total. The normalized spacial score (nSPS) is 13.6. The summed E-state index contributed by atoms with van der Waals surface area (Å²) in [6.45, 7) is 0.661. The van der Waals surface area contributed by atoms with Crippen LogP contribution in [0.25, 0.3) is 11.1 Å². The highest BCUT2D eigenvalue weighted by atomic mass is 16.5. The number of aromatic nitrogens is 2. The molecule has 216 valence electrons. The lowest BCUT2D eigenvalue weighted by Crippen LogP contribution is -2.55. The van der Waals surface area contributed by atoms with Gasteiger partial charge in [-0.3, -0.25) is 9.69 Å². The number of H-pyrrole nitrogens is 1. The Balaban J connectivity index is 1.24. The van der Waals surface area contributed by atoms with Crippen molar-refractivity contribution in [2.75, 3.05) is 20.2 Å². The predicted molar refractivity (Wildman–Crippen MR) is 157 cm³/mol. The van der Waals surface area contributed by atoms with Crippen LogP contribution in [0.4, 0.5) is 4.79 Å². The van der Waals surface area contributed by atoms with Gasteiger partial charge in [-0.15, -0.1) is 0 Å². The first-order valence-corrected chi connectivity index (χ1v) is 13.7. The summed E-state index contributed by atoms with van der Waals surface area (Å²) in [7, 11) is 1.78. The van der Waals surface area contributed by atoms with Gasteiger partial charge in [-0.25, -0.2) is 14.6 Å². The number of nitrogens with one attached hydrogen (secondary N) is 3. The zero-order valence-electron chi connectivity index (χ0n) is 23.2. The van der Waals surface area contributed by atoms with Gasteiger partial charge in [0.2, 0.25) is 5.91 Å². The molecule has 0 spiro atoms. The number of benzene rings is 3. The molecule has 0 bridgehead atoms. The Hall–Kier alpha value is -4.96. The average molecular weight is 568 g/mol. The van der Waals surface area contributed by atoms with E-state index in [0.717, 1.165) is 27.8 Å². The van der Waals surface area contributed by atoms with Crippen LogP contribution in [0.3, 0.4) is 0 Å². The fourth-order valence-corrected chi connectivity index (χ4v) is 5.34. The minimum Gasteiger partial charge on any atom is -0.480 e. The number of carbonyl (C=O) groups excluding carboxylic acids is 2. The molecule has 2 amide bonds. The van der Waals surface area contributed by atoms with E-state index in [2.05, 4.69) is 32.7 Å². The lowest BCUT2D eigenvalue weighted by atomic mass is 9.98. The minimum absolute atomic E-state index is 0.0672. The van der Waals surface area contributed by atoms with Crippen LogP contribution in [0.2, 0.25) is 0 Å². The number of aromatic amines is 1. The number of aliphatic carboxylic acids is 1. The highest BCUT2D eigenvalue weighted by Crippen LogP contribution is 2.44. The molecule has 1 aliphatic rings. The number of ether oxygens (including phenoxy) is 1. The van der Waals surface area contributed by atoms with Gasteiger partial charge in [0.1, 0.15) is 18.7 Å². The van der Waals surface area contributed by atoms with E-state index >= 15 is 0 Å². The Morgan fingerprint density at radius 1 is 0.929 bits per heavy atom. The first kappa shape index (κ1) is 28.6. The molecule has 0 radical (unpaired) electrons. The van der Waals surface area contributed by atoms with Gasteiger partial charge in [0.15, 0.2) is 0 Å². The van der Waals surface area contributed by atoms with Crippen molar-refractivity contribution in [2.45, 2.75) is 31.0 Å².